The molecule has 3 aliphatic heterocycles. The lowest BCUT2D eigenvalue weighted by Crippen LogP contribution is -2.52. The second-order valence-corrected chi connectivity index (χ2v) is 11.0. The summed E-state index contributed by atoms with van der Waals surface area (Å²) in [6.45, 7) is 14.0. The molecule has 42 heavy (non-hydrogen) atoms. The van der Waals surface area contributed by atoms with Crippen LogP contribution in [-0.4, -0.2) is 104 Å². The van der Waals surface area contributed by atoms with Crippen LogP contribution in [-0.2, 0) is 11.2 Å². The first-order valence-corrected chi connectivity index (χ1v) is 15.6. The number of carbonyl (C=O) groups is 1. The monoisotopic (exact) mass is 582 g/mol. The molecule has 0 radical (unpaired) electrons. The summed E-state index contributed by atoms with van der Waals surface area (Å²) >= 11 is 0. The van der Waals surface area contributed by atoms with Gasteiger partial charge in [0.05, 0.1) is 18.5 Å². The van der Waals surface area contributed by atoms with Crippen LogP contribution in [0, 0.1) is 0 Å². The SMILES string of the molecule is CC.CCc1nc(C(N)=O)c(Nc2ccc(N3CCC(N4CCN(C)CC4)CC3)c(OC)c2)nc1NC1CCOCC1. The fourth-order valence-electron chi connectivity index (χ4n) is 5.94. The Hall–Kier alpha value is -3.15. The van der Waals surface area contributed by atoms with Gasteiger partial charge >= 0.3 is 0 Å². The minimum absolute atomic E-state index is 0.128. The zero-order valence-electron chi connectivity index (χ0n) is 26.1. The predicted octanol–water partition coefficient (Wildman–Crippen LogP) is 3.72. The largest absolute Gasteiger partial charge is 0.495 e. The summed E-state index contributed by atoms with van der Waals surface area (Å²) in [5.74, 6) is 1.17. The highest BCUT2D eigenvalue weighted by Gasteiger charge is 2.28. The van der Waals surface area contributed by atoms with Crippen LogP contribution in [0.15, 0.2) is 18.2 Å². The van der Waals surface area contributed by atoms with E-state index in [-0.39, 0.29) is 11.7 Å². The number of aryl methyl sites for hydroxylation is 1. The maximum atomic E-state index is 12.3. The van der Waals surface area contributed by atoms with E-state index < -0.39 is 5.91 Å². The van der Waals surface area contributed by atoms with E-state index in [2.05, 4.69) is 43.4 Å². The lowest BCUT2D eigenvalue weighted by atomic mass is 10.0. The second kappa shape index (κ2) is 15.4. The van der Waals surface area contributed by atoms with Gasteiger partial charge < -0.3 is 35.6 Å². The maximum absolute atomic E-state index is 12.3. The third-order valence-corrected chi connectivity index (χ3v) is 8.40. The number of nitrogens with one attached hydrogen (secondary N) is 2. The summed E-state index contributed by atoms with van der Waals surface area (Å²) in [7, 11) is 3.90. The molecule has 4 heterocycles. The standard InChI is InChI=1S/C29H44N8O3.C2H6/c1-4-23-28(31-20-9-17-40-18-10-20)34-29(26(33-23)27(30)38)32-21-5-6-24(25(19-21)39-3)37-11-7-22(8-12-37)36-15-13-35(2)14-16-36;1-2/h5-6,19-20,22H,4,7-18H2,1-3H3,(H2,30,38)(H2,31,32,34);1-2H3. The molecule has 1 amide bonds. The number of carbonyl (C=O) groups excluding carboxylic acids is 1. The summed E-state index contributed by atoms with van der Waals surface area (Å²) in [5, 5.41) is 6.81. The van der Waals surface area contributed by atoms with Gasteiger partial charge in [0, 0.05) is 76.3 Å². The third kappa shape index (κ3) is 7.81. The number of ether oxygens (including phenoxy) is 2. The highest BCUT2D eigenvalue weighted by Crippen LogP contribution is 2.35. The molecule has 3 saturated heterocycles. The summed E-state index contributed by atoms with van der Waals surface area (Å²) < 4.78 is 11.3. The number of amides is 1. The minimum Gasteiger partial charge on any atom is -0.495 e. The molecule has 0 aliphatic carbocycles. The van der Waals surface area contributed by atoms with E-state index in [4.69, 9.17) is 20.2 Å². The molecule has 2 aromatic rings. The topological polar surface area (TPSA) is 121 Å². The van der Waals surface area contributed by atoms with Crippen molar-refractivity contribution >= 4 is 28.9 Å². The van der Waals surface area contributed by atoms with Crippen LogP contribution < -0.4 is 26.0 Å². The number of anilines is 4. The molecule has 3 aliphatic rings. The normalized spacial score (nSPS) is 19.1. The van der Waals surface area contributed by atoms with Crippen LogP contribution in [0.25, 0.3) is 0 Å². The predicted molar refractivity (Wildman–Crippen MR) is 169 cm³/mol. The number of primary amides is 1. The molecule has 0 unspecified atom stereocenters. The van der Waals surface area contributed by atoms with Crippen molar-refractivity contribution in [1.29, 1.82) is 0 Å². The van der Waals surface area contributed by atoms with Gasteiger partial charge in [0.2, 0.25) is 0 Å². The Bertz CT molecular complexity index is 1160. The van der Waals surface area contributed by atoms with Crippen molar-refractivity contribution in [2.24, 2.45) is 5.73 Å². The van der Waals surface area contributed by atoms with E-state index in [0.717, 1.165) is 101 Å². The Kier molecular flexibility index (Phi) is 11.6. The van der Waals surface area contributed by atoms with Gasteiger partial charge in [-0.15, -0.1) is 0 Å². The van der Waals surface area contributed by atoms with E-state index in [1.807, 2.05) is 32.9 Å². The van der Waals surface area contributed by atoms with Crippen molar-refractivity contribution in [3.05, 3.63) is 29.6 Å². The van der Waals surface area contributed by atoms with Gasteiger partial charge in [0.15, 0.2) is 17.3 Å². The molecule has 1 aromatic heterocycles. The Morgan fingerprint density at radius 2 is 1.71 bits per heavy atom. The Balaban J connectivity index is 0.00000198. The highest BCUT2D eigenvalue weighted by molar-refractivity contribution is 5.96. The van der Waals surface area contributed by atoms with Crippen LogP contribution in [0.1, 0.15) is 62.6 Å². The molecule has 0 bridgehead atoms. The fourth-order valence-corrected chi connectivity index (χ4v) is 5.94. The first-order chi connectivity index (χ1) is 20.4. The van der Waals surface area contributed by atoms with Gasteiger partial charge in [-0.05, 0) is 51.3 Å². The first kappa shape index (κ1) is 31.8. The van der Waals surface area contributed by atoms with Crippen LogP contribution in [0.3, 0.4) is 0 Å². The smallest absolute Gasteiger partial charge is 0.271 e. The van der Waals surface area contributed by atoms with Crippen LogP contribution in [0.5, 0.6) is 5.75 Å². The summed E-state index contributed by atoms with van der Waals surface area (Å²) in [6, 6.07) is 6.93. The molecule has 4 N–H and O–H groups in total. The molecule has 11 heteroatoms. The van der Waals surface area contributed by atoms with Gasteiger partial charge in [-0.1, -0.05) is 20.8 Å². The van der Waals surface area contributed by atoms with Crippen molar-refractivity contribution in [2.45, 2.75) is 65.0 Å². The molecule has 0 atom stereocenters. The van der Waals surface area contributed by atoms with Crippen LogP contribution in [0.4, 0.5) is 23.0 Å². The Morgan fingerprint density at radius 3 is 2.33 bits per heavy atom. The number of aromatic nitrogens is 2. The lowest BCUT2D eigenvalue weighted by Gasteiger charge is -2.42. The van der Waals surface area contributed by atoms with Crippen molar-refractivity contribution in [3.63, 3.8) is 0 Å². The van der Waals surface area contributed by atoms with Gasteiger partial charge in [0.25, 0.3) is 5.91 Å². The van der Waals surface area contributed by atoms with Crippen molar-refractivity contribution < 1.29 is 14.3 Å². The van der Waals surface area contributed by atoms with Gasteiger partial charge in [-0.3, -0.25) is 9.69 Å². The lowest BCUT2D eigenvalue weighted by molar-refractivity contribution is 0.0903. The maximum Gasteiger partial charge on any atom is 0.271 e. The van der Waals surface area contributed by atoms with Crippen molar-refractivity contribution in [3.8, 4) is 5.75 Å². The zero-order chi connectivity index (χ0) is 30.1. The molecule has 5 rings (SSSR count). The first-order valence-electron chi connectivity index (χ1n) is 15.6. The number of piperidine rings is 1. The van der Waals surface area contributed by atoms with Gasteiger partial charge in [-0.25, -0.2) is 9.97 Å². The van der Waals surface area contributed by atoms with E-state index in [9.17, 15) is 4.79 Å². The molecular weight excluding hydrogens is 532 g/mol. The van der Waals surface area contributed by atoms with E-state index >= 15 is 0 Å². The quantitative estimate of drug-likeness (QED) is 0.403. The van der Waals surface area contributed by atoms with Crippen LogP contribution in [0.2, 0.25) is 0 Å². The number of nitrogens with zero attached hydrogens (tertiary/aromatic N) is 5. The molecule has 11 nitrogen and oxygen atoms in total. The number of likely N-dealkylation sites (N-methyl/N-ethyl adjacent to an activating group) is 1. The number of benzene rings is 1. The number of nitrogens with two attached hydrogens (primary N) is 1. The van der Waals surface area contributed by atoms with Crippen molar-refractivity contribution in [2.75, 3.05) is 82.2 Å². The molecule has 0 spiro atoms. The number of hydrogen-bond acceptors (Lipinski definition) is 10. The second-order valence-electron chi connectivity index (χ2n) is 11.0. The Labute approximate surface area is 251 Å². The molecule has 232 valence electrons. The van der Waals surface area contributed by atoms with Gasteiger partial charge in [0.1, 0.15) is 5.75 Å². The fraction of sp³-hybridized carbons (Fsp3) is 0.645. The number of piperazine rings is 1. The molecule has 1 aromatic carbocycles. The van der Waals surface area contributed by atoms with E-state index in [1.165, 1.54) is 0 Å². The van der Waals surface area contributed by atoms with E-state index in [1.54, 1.807) is 7.11 Å². The molecule has 0 saturated carbocycles. The summed E-state index contributed by atoms with van der Waals surface area (Å²) in [6.07, 6.45) is 4.73. The van der Waals surface area contributed by atoms with Crippen molar-refractivity contribution in [1.82, 2.24) is 19.8 Å². The zero-order valence-corrected chi connectivity index (χ0v) is 26.1. The van der Waals surface area contributed by atoms with Gasteiger partial charge in [-0.2, -0.15) is 0 Å². The average molecular weight is 583 g/mol. The minimum atomic E-state index is -0.617. The van der Waals surface area contributed by atoms with E-state index in [0.29, 0.717) is 24.1 Å². The Morgan fingerprint density at radius 1 is 1.02 bits per heavy atom. The number of methoxy groups -OCH3 is 1. The average Bonchev–Trinajstić information content (AvgIpc) is 3.03. The third-order valence-electron chi connectivity index (χ3n) is 8.40. The summed E-state index contributed by atoms with van der Waals surface area (Å²) in [5.41, 5.74) is 8.40. The molecular formula is C31H50N8O3. The highest BCUT2D eigenvalue weighted by atomic mass is 16.5. The summed E-state index contributed by atoms with van der Waals surface area (Å²) in [4.78, 5) is 29.2. The number of hydrogen-bond donors (Lipinski definition) is 3. The number of rotatable bonds is 9. The van der Waals surface area contributed by atoms with Crippen LogP contribution >= 0.6 is 0 Å². The molecule has 3 fully saturated rings.